The number of aromatic nitrogens is 1. The summed E-state index contributed by atoms with van der Waals surface area (Å²) in [6, 6.07) is 13.1. The van der Waals surface area contributed by atoms with E-state index in [4.69, 9.17) is 9.47 Å². The van der Waals surface area contributed by atoms with Crippen molar-refractivity contribution in [3.8, 4) is 11.5 Å². The molecule has 0 unspecified atom stereocenters. The summed E-state index contributed by atoms with van der Waals surface area (Å²) >= 11 is 0. The van der Waals surface area contributed by atoms with Gasteiger partial charge in [0.05, 0.1) is 6.21 Å². The third-order valence-corrected chi connectivity index (χ3v) is 4.59. The van der Waals surface area contributed by atoms with Crippen molar-refractivity contribution in [1.82, 2.24) is 9.99 Å². The first-order chi connectivity index (χ1) is 13.2. The molecule has 3 aromatic rings. The Morgan fingerprint density at radius 2 is 2.07 bits per heavy atom. The molecule has 27 heavy (non-hydrogen) atoms. The van der Waals surface area contributed by atoms with E-state index in [2.05, 4.69) is 27.7 Å². The van der Waals surface area contributed by atoms with Crippen molar-refractivity contribution < 1.29 is 14.3 Å². The fraction of sp³-hybridized carbons (Fsp3) is 0.143. The Labute approximate surface area is 156 Å². The van der Waals surface area contributed by atoms with Crippen molar-refractivity contribution in [2.75, 3.05) is 6.79 Å². The molecule has 0 atom stereocenters. The second-order valence-corrected chi connectivity index (χ2v) is 6.18. The number of hydrogen-bond donors (Lipinski definition) is 1. The van der Waals surface area contributed by atoms with E-state index in [9.17, 15) is 4.79 Å². The van der Waals surface area contributed by atoms with Gasteiger partial charge in [0.2, 0.25) is 6.79 Å². The molecule has 4 rings (SSSR count). The third kappa shape index (κ3) is 3.06. The monoisotopic (exact) mass is 361 g/mol. The molecule has 6 nitrogen and oxygen atoms in total. The lowest BCUT2D eigenvalue weighted by Gasteiger charge is -2.04. The van der Waals surface area contributed by atoms with Gasteiger partial charge in [-0.2, -0.15) is 5.10 Å². The van der Waals surface area contributed by atoms with Crippen molar-refractivity contribution in [3.05, 3.63) is 71.9 Å². The number of carbonyl (C=O) groups excluding carboxylic acids is 1. The van der Waals surface area contributed by atoms with Gasteiger partial charge in [-0.15, -0.1) is 6.58 Å². The van der Waals surface area contributed by atoms with Gasteiger partial charge in [0.15, 0.2) is 11.5 Å². The van der Waals surface area contributed by atoms with Gasteiger partial charge in [0.25, 0.3) is 5.91 Å². The summed E-state index contributed by atoms with van der Waals surface area (Å²) < 4.78 is 12.7. The summed E-state index contributed by atoms with van der Waals surface area (Å²) in [7, 11) is 0. The smallest absolute Gasteiger partial charge is 0.271 e. The fourth-order valence-electron chi connectivity index (χ4n) is 3.24. The molecule has 1 amide bonds. The first kappa shape index (κ1) is 16.9. The molecule has 136 valence electrons. The van der Waals surface area contributed by atoms with Crippen LogP contribution in [0.15, 0.2) is 60.2 Å². The van der Waals surface area contributed by atoms with Crippen LogP contribution in [0.25, 0.3) is 10.9 Å². The lowest BCUT2D eigenvalue weighted by atomic mass is 10.1. The number of allylic oxidation sites excluding steroid dienone is 1. The van der Waals surface area contributed by atoms with Crippen molar-refractivity contribution in [3.63, 3.8) is 0 Å². The summed E-state index contributed by atoms with van der Waals surface area (Å²) in [5, 5.41) is 5.24. The Balaban J connectivity index is 1.57. The number of para-hydroxylation sites is 1. The first-order valence-electron chi connectivity index (χ1n) is 8.61. The SMILES string of the molecule is C=CCn1c(C)c(/C=N\NC(=O)c2ccc3c(c2)OCO3)c2ccccc21. The number of rotatable bonds is 5. The van der Waals surface area contributed by atoms with Gasteiger partial charge in [0.1, 0.15) is 0 Å². The molecule has 1 aliphatic heterocycles. The summed E-state index contributed by atoms with van der Waals surface area (Å²) in [4.78, 5) is 12.4. The molecule has 0 spiro atoms. The van der Waals surface area contributed by atoms with Crippen LogP contribution in [0.2, 0.25) is 0 Å². The van der Waals surface area contributed by atoms with Crippen molar-refractivity contribution in [2.24, 2.45) is 5.10 Å². The predicted octanol–water partition coefficient (Wildman–Crippen LogP) is 3.63. The van der Waals surface area contributed by atoms with Crippen LogP contribution in [0, 0.1) is 6.92 Å². The Morgan fingerprint density at radius 1 is 1.26 bits per heavy atom. The van der Waals surface area contributed by atoms with E-state index in [1.807, 2.05) is 31.2 Å². The normalized spacial score (nSPS) is 12.6. The number of hydrazone groups is 1. The molecule has 1 aliphatic rings. The molecule has 0 bridgehead atoms. The van der Waals surface area contributed by atoms with Crippen molar-refractivity contribution in [2.45, 2.75) is 13.5 Å². The van der Waals surface area contributed by atoms with Gasteiger partial charge in [0, 0.05) is 34.3 Å². The lowest BCUT2D eigenvalue weighted by Crippen LogP contribution is -2.17. The highest BCUT2D eigenvalue weighted by Gasteiger charge is 2.16. The van der Waals surface area contributed by atoms with Crippen LogP contribution >= 0.6 is 0 Å². The van der Waals surface area contributed by atoms with Crippen molar-refractivity contribution in [1.29, 1.82) is 0 Å². The zero-order valence-corrected chi connectivity index (χ0v) is 14.9. The molecule has 0 saturated heterocycles. The van der Waals surface area contributed by atoms with Crippen LogP contribution in [0.4, 0.5) is 0 Å². The number of carbonyl (C=O) groups is 1. The molecule has 2 heterocycles. The van der Waals surface area contributed by atoms with E-state index in [0.717, 1.165) is 22.2 Å². The van der Waals surface area contributed by atoms with E-state index in [-0.39, 0.29) is 12.7 Å². The lowest BCUT2D eigenvalue weighted by molar-refractivity contribution is 0.0954. The third-order valence-electron chi connectivity index (χ3n) is 4.59. The van der Waals surface area contributed by atoms with E-state index in [0.29, 0.717) is 23.6 Å². The number of ether oxygens (including phenoxy) is 2. The maximum Gasteiger partial charge on any atom is 0.271 e. The quantitative estimate of drug-likeness (QED) is 0.429. The number of amides is 1. The summed E-state index contributed by atoms with van der Waals surface area (Å²) in [5.41, 5.74) is 6.18. The topological polar surface area (TPSA) is 64.9 Å². The number of fused-ring (bicyclic) bond motifs is 2. The molecule has 1 N–H and O–H groups in total. The zero-order chi connectivity index (χ0) is 18.8. The minimum atomic E-state index is -0.308. The maximum absolute atomic E-state index is 12.4. The molecule has 2 aromatic carbocycles. The van der Waals surface area contributed by atoms with E-state index >= 15 is 0 Å². The predicted molar refractivity (Wildman–Crippen MR) is 104 cm³/mol. The number of nitrogens with zero attached hydrogens (tertiary/aromatic N) is 2. The highest BCUT2D eigenvalue weighted by molar-refractivity contribution is 6.02. The number of benzene rings is 2. The Hall–Kier alpha value is -3.54. The molecular weight excluding hydrogens is 342 g/mol. The zero-order valence-electron chi connectivity index (χ0n) is 14.9. The van der Waals surface area contributed by atoms with Crippen LogP contribution in [-0.4, -0.2) is 23.5 Å². The summed E-state index contributed by atoms with van der Waals surface area (Å²) in [5.74, 6) is 0.896. The maximum atomic E-state index is 12.4. The van der Waals surface area contributed by atoms with Crippen LogP contribution in [-0.2, 0) is 6.54 Å². The minimum Gasteiger partial charge on any atom is -0.454 e. The van der Waals surface area contributed by atoms with Gasteiger partial charge >= 0.3 is 0 Å². The van der Waals surface area contributed by atoms with Gasteiger partial charge < -0.3 is 14.0 Å². The molecule has 6 heteroatoms. The van der Waals surface area contributed by atoms with Gasteiger partial charge in [-0.05, 0) is 31.2 Å². The molecule has 0 fully saturated rings. The average molecular weight is 361 g/mol. The molecule has 0 radical (unpaired) electrons. The first-order valence-corrected chi connectivity index (χ1v) is 8.61. The molecule has 0 aliphatic carbocycles. The fourth-order valence-corrected chi connectivity index (χ4v) is 3.24. The highest BCUT2D eigenvalue weighted by atomic mass is 16.7. The van der Waals surface area contributed by atoms with Crippen LogP contribution in [0.5, 0.6) is 11.5 Å². The van der Waals surface area contributed by atoms with E-state index in [1.165, 1.54) is 0 Å². The van der Waals surface area contributed by atoms with Gasteiger partial charge in [-0.25, -0.2) is 5.43 Å². The van der Waals surface area contributed by atoms with Crippen LogP contribution in [0.3, 0.4) is 0 Å². The minimum absolute atomic E-state index is 0.173. The second-order valence-electron chi connectivity index (χ2n) is 6.18. The largest absolute Gasteiger partial charge is 0.454 e. The average Bonchev–Trinajstić information content (AvgIpc) is 3.26. The van der Waals surface area contributed by atoms with Gasteiger partial charge in [-0.1, -0.05) is 24.3 Å². The summed E-state index contributed by atoms with van der Waals surface area (Å²) in [6.45, 7) is 6.74. The highest BCUT2D eigenvalue weighted by Crippen LogP contribution is 2.32. The van der Waals surface area contributed by atoms with E-state index < -0.39 is 0 Å². The number of hydrogen-bond acceptors (Lipinski definition) is 4. The van der Waals surface area contributed by atoms with Gasteiger partial charge in [-0.3, -0.25) is 4.79 Å². The Morgan fingerprint density at radius 3 is 2.93 bits per heavy atom. The molecular formula is C21H19N3O3. The molecule has 0 saturated carbocycles. The Kier molecular flexibility index (Phi) is 4.38. The second kappa shape index (κ2) is 6.99. The van der Waals surface area contributed by atoms with Crippen molar-refractivity contribution >= 4 is 23.0 Å². The van der Waals surface area contributed by atoms with E-state index in [1.54, 1.807) is 24.4 Å². The summed E-state index contributed by atoms with van der Waals surface area (Å²) in [6.07, 6.45) is 3.55. The Bertz CT molecular complexity index is 1070. The molecule has 1 aromatic heterocycles. The number of nitrogens with one attached hydrogen (secondary N) is 1. The van der Waals surface area contributed by atoms with Crippen LogP contribution in [0.1, 0.15) is 21.6 Å². The standard InChI is InChI=1S/C21H19N3O3/c1-3-10-24-14(2)17(16-6-4-5-7-18(16)24)12-22-23-21(25)15-8-9-19-20(11-15)27-13-26-19/h3-9,11-12H,1,10,13H2,2H3,(H,23,25)/b22-12-. The van der Waals surface area contributed by atoms with Crippen LogP contribution < -0.4 is 14.9 Å².